The van der Waals surface area contributed by atoms with E-state index in [-0.39, 0.29) is 11.9 Å². The van der Waals surface area contributed by atoms with Crippen molar-refractivity contribution in [2.75, 3.05) is 46.5 Å². The molecule has 3 rings (SSSR count). The van der Waals surface area contributed by atoms with Gasteiger partial charge in [-0.05, 0) is 36.5 Å². The number of ether oxygens (including phenoxy) is 2. The van der Waals surface area contributed by atoms with Crippen molar-refractivity contribution >= 4 is 5.91 Å². The maximum absolute atomic E-state index is 12.1. The zero-order chi connectivity index (χ0) is 16.9. The summed E-state index contributed by atoms with van der Waals surface area (Å²) >= 11 is 0. The van der Waals surface area contributed by atoms with Gasteiger partial charge in [0.2, 0.25) is 5.91 Å². The Labute approximate surface area is 144 Å². The summed E-state index contributed by atoms with van der Waals surface area (Å²) in [4.78, 5) is 16.6. The van der Waals surface area contributed by atoms with Gasteiger partial charge < -0.3 is 14.4 Å². The third-order valence-corrected chi connectivity index (χ3v) is 5.23. The van der Waals surface area contributed by atoms with Gasteiger partial charge in [-0.15, -0.1) is 0 Å². The van der Waals surface area contributed by atoms with Gasteiger partial charge in [0.1, 0.15) is 5.75 Å². The van der Waals surface area contributed by atoms with E-state index in [1.807, 2.05) is 17.0 Å². The third-order valence-electron chi connectivity index (χ3n) is 5.23. The van der Waals surface area contributed by atoms with E-state index in [0.29, 0.717) is 0 Å². The van der Waals surface area contributed by atoms with Crippen molar-refractivity contribution in [2.45, 2.75) is 25.8 Å². The van der Waals surface area contributed by atoms with Crippen LogP contribution in [0.4, 0.5) is 0 Å². The van der Waals surface area contributed by atoms with Gasteiger partial charge in [0.05, 0.1) is 13.2 Å². The van der Waals surface area contributed by atoms with Crippen LogP contribution < -0.4 is 4.74 Å². The van der Waals surface area contributed by atoms with Crippen molar-refractivity contribution in [1.82, 2.24) is 9.80 Å². The molecular weight excluding hydrogens is 304 g/mol. The summed E-state index contributed by atoms with van der Waals surface area (Å²) in [6.45, 7) is 7.23. The second kappa shape index (κ2) is 7.99. The van der Waals surface area contributed by atoms with Gasteiger partial charge in [0.15, 0.2) is 0 Å². The highest BCUT2D eigenvalue weighted by molar-refractivity contribution is 5.74. The smallest absolute Gasteiger partial charge is 0.220 e. The van der Waals surface area contributed by atoms with Crippen LogP contribution in [-0.4, -0.2) is 62.2 Å². The van der Waals surface area contributed by atoms with E-state index in [4.69, 9.17) is 9.47 Å². The van der Waals surface area contributed by atoms with Crippen LogP contribution in [0.15, 0.2) is 24.3 Å². The summed E-state index contributed by atoms with van der Waals surface area (Å²) in [5.74, 6) is 1.73. The lowest BCUT2D eigenvalue weighted by atomic mass is 9.97. The van der Waals surface area contributed by atoms with Crippen molar-refractivity contribution in [3.63, 3.8) is 0 Å². The molecule has 0 aromatic heterocycles. The summed E-state index contributed by atoms with van der Waals surface area (Å²) in [5, 5.41) is 0. The van der Waals surface area contributed by atoms with Crippen molar-refractivity contribution in [3.05, 3.63) is 29.8 Å². The Morgan fingerprint density at radius 1 is 1.21 bits per heavy atom. The van der Waals surface area contributed by atoms with E-state index < -0.39 is 0 Å². The average Bonchev–Trinajstić information content (AvgIpc) is 2.62. The number of nitrogens with zero attached hydrogens (tertiary/aromatic N) is 2. The zero-order valence-electron chi connectivity index (χ0n) is 14.7. The molecule has 2 heterocycles. The molecule has 0 bridgehead atoms. The van der Waals surface area contributed by atoms with Gasteiger partial charge >= 0.3 is 0 Å². The molecule has 1 amide bonds. The Hall–Kier alpha value is -1.59. The molecule has 1 aromatic carbocycles. The summed E-state index contributed by atoms with van der Waals surface area (Å²) < 4.78 is 10.7. The van der Waals surface area contributed by atoms with Crippen molar-refractivity contribution in [1.29, 1.82) is 0 Å². The first-order valence-electron chi connectivity index (χ1n) is 8.88. The molecule has 24 heavy (non-hydrogen) atoms. The molecule has 0 N–H and O–H groups in total. The normalized spacial score (nSPS) is 23.2. The van der Waals surface area contributed by atoms with Crippen LogP contribution >= 0.6 is 0 Å². The average molecular weight is 332 g/mol. The van der Waals surface area contributed by atoms with Gasteiger partial charge in [-0.1, -0.05) is 12.1 Å². The largest absolute Gasteiger partial charge is 0.497 e. The maximum Gasteiger partial charge on any atom is 0.220 e. The van der Waals surface area contributed by atoms with Crippen LogP contribution in [0, 0.1) is 5.92 Å². The molecule has 0 spiro atoms. The van der Waals surface area contributed by atoms with Crippen LogP contribution in [0.25, 0.3) is 0 Å². The Morgan fingerprint density at radius 3 is 2.54 bits per heavy atom. The molecule has 5 heteroatoms. The first-order chi connectivity index (χ1) is 11.7. The fourth-order valence-corrected chi connectivity index (χ4v) is 3.79. The second-order valence-corrected chi connectivity index (χ2v) is 6.82. The number of amides is 1. The second-order valence-electron chi connectivity index (χ2n) is 6.82. The zero-order valence-corrected chi connectivity index (χ0v) is 14.7. The number of hydrogen-bond acceptors (Lipinski definition) is 4. The quantitative estimate of drug-likeness (QED) is 0.849. The van der Waals surface area contributed by atoms with Crippen LogP contribution in [-0.2, 0) is 9.53 Å². The van der Waals surface area contributed by atoms with E-state index >= 15 is 0 Å². The third kappa shape index (κ3) is 4.08. The fraction of sp³-hybridized carbons (Fsp3) is 0.632. The van der Waals surface area contributed by atoms with Crippen LogP contribution in [0.3, 0.4) is 0 Å². The SMILES string of the molecule is COc1ccc([C@@H]2CN(CC3CCOCC3)CCN2C(C)=O)cc1. The molecule has 2 saturated heterocycles. The number of methoxy groups -OCH3 is 1. The first kappa shape index (κ1) is 17.2. The molecule has 0 aliphatic carbocycles. The Kier molecular flexibility index (Phi) is 5.74. The highest BCUT2D eigenvalue weighted by atomic mass is 16.5. The number of hydrogen-bond donors (Lipinski definition) is 0. The maximum atomic E-state index is 12.1. The van der Waals surface area contributed by atoms with E-state index in [0.717, 1.165) is 63.9 Å². The van der Waals surface area contributed by atoms with E-state index in [9.17, 15) is 4.79 Å². The lowest BCUT2D eigenvalue weighted by molar-refractivity contribution is -0.134. The number of piperazine rings is 1. The van der Waals surface area contributed by atoms with Gasteiger partial charge in [-0.25, -0.2) is 0 Å². The highest BCUT2D eigenvalue weighted by Gasteiger charge is 2.31. The predicted octanol–water partition coefficient (Wildman–Crippen LogP) is 2.33. The summed E-state index contributed by atoms with van der Waals surface area (Å²) in [5.41, 5.74) is 1.18. The summed E-state index contributed by atoms with van der Waals surface area (Å²) in [6, 6.07) is 8.24. The number of carbonyl (C=O) groups is 1. The molecule has 0 saturated carbocycles. The monoisotopic (exact) mass is 332 g/mol. The summed E-state index contributed by atoms with van der Waals surface area (Å²) in [6.07, 6.45) is 2.31. The van der Waals surface area contributed by atoms with Crippen molar-refractivity contribution in [2.24, 2.45) is 5.92 Å². The Morgan fingerprint density at radius 2 is 1.92 bits per heavy atom. The highest BCUT2D eigenvalue weighted by Crippen LogP contribution is 2.28. The molecule has 0 unspecified atom stereocenters. The molecule has 2 aliphatic rings. The Bertz CT molecular complexity index is 540. The van der Waals surface area contributed by atoms with E-state index in [1.54, 1.807) is 14.0 Å². The van der Waals surface area contributed by atoms with Gasteiger partial charge in [0.25, 0.3) is 0 Å². The van der Waals surface area contributed by atoms with Crippen molar-refractivity contribution in [3.8, 4) is 5.75 Å². The Balaban J connectivity index is 1.70. The predicted molar refractivity (Wildman–Crippen MR) is 93.1 cm³/mol. The minimum absolute atomic E-state index is 0.127. The van der Waals surface area contributed by atoms with Crippen molar-refractivity contribution < 1.29 is 14.3 Å². The van der Waals surface area contributed by atoms with Gasteiger partial charge in [0, 0.05) is 46.3 Å². The molecular formula is C19H28N2O3. The minimum atomic E-state index is 0.127. The van der Waals surface area contributed by atoms with Crippen LogP contribution in [0.1, 0.15) is 31.4 Å². The number of benzene rings is 1. The van der Waals surface area contributed by atoms with Gasteiger partial charge in [-0.3, -0.25) is 9.69 Å². The first-order valence-corrected chi connectivity index (χ1v) is 8.88. The number of carbonyl (C=O) groups excluding carboxylic acids is 1. The molecule has 2 fully saturated rings. The molecule has 1 aromatic rings. The van der Waals surface area contributed by atoms with Crippen LogP contribution in [0.5, 0.6) is 5.75 Å². The lowest BCUT2D eigenvalue weighted by Gasteiger charge is -2.42. The van der Waals surface area contributed by atoms with E-state index in [2.05, 4.69) is 17.0 Å². The topological polar surface area (TPSA) is 42.0 Å². The standard InChI is InChI=1S/C19H28N2O3/c1-15(22)21-10-9-20(13-16-7-11-24-12-8-16)14-19(21)17-3-5-18(23-2)6-4-17/h3-6,16,19H,7-14H2,1-2H3/t19-/m0/s1. The fourth-order valence-electron chi connectivity index (χ4n) is 3.79. The molecule has 132 valence electrons. The van der Waals surface area contributed by atoms with Gasteiger partial charge in [-0.2, -0.15) is 0 Å². The molecule has 5 nitrogen and oxygen atoms in total. The lowest BCUT2D eigenvalue weighted by Crippen LogP contribution is -2.51. The molecule has 0 radical (unpaired) electrons. The molecule has 2 aliphatic heterocycles. The minimum Gasteiger partial charge on any atom is -0.497 e. The molecule has 1 atom stereocenters. The van der Waals surface area contributed by atoms with E-state index in [1.165, 1.54) is 5.56 Å². The van der Waals surface area contributed by atoms with Crippen LogP contribution in [0.2, 0.25) is 0 Å². The number of rotatable bonds is 4. The summed E-state index contributed by atoms with van der Waals surface area (Å²) in [7, 11) is 1.67.